The van der Waals surface area contributed by atoms with Crippen molar-refractivity contribution in [3.05, 3.63) is 23.2 Å². The van der Waals surface area contributed by atoms with Gasteiger partial charge in [0.05, 0.1) is 21.6 Å². The second kappa shape index (κ2) is 4.73. The van der Waals surface area contributed by atoms with E-state index >= 15 is 0 Å². The summed E-state index contributed by atoms with van der Waals surface area (Å²) in [4.78, 5) is 21.4. The number of aromatic nitrogens is 2. The van der Waals surface area contributed by atoms with Gasteiger partial charge in [0.2, 0.25) is 5.06 Å². The SMILES string of the molecule is Cc1nc(-c2cccs2)nc2sc(OC(N)=O)c(N)c12. The van der Waals surface area contributed by atoms with E-state index in [2.05, 4.69) is 9.97 Å². The van der Waals surface area contributed by atoms with E-state index in [0.29, 0.717) is 21.7 Å². The molecule has 0 aliphatic carbocycles. The average Bonchev–Trinajstić information content (AvgIpc) is 2.98. The topological polar surface area (TPSA) is 104 Å². The number of rotatable bonds is 2. The summed E-state index contributed by atoms with van der Waals surface area (Å²) in [6.45, 7) is 1.85. The molecule has 0 saturated heterocycles. The molecule has 0 radical (unpaired) electrons. The van der Waals surface area contributed by atoms with Crippen LogP contribution in [0.3, 0.4) is 0 Å². The first-order chi connectivity index (χ1) is 9.56. The van der Waals surface area contributed by atoms with Crippen molar-refractivity contribution in [1.82, 2.24) is 9.97 Å². The van der Waals surface area contributed by atoms with Crippen LogP contribution in [0.1, 0.15) is 5.69 Å². The molecule has 0 unspecified atom stereocenters. The van der Waals surface area contributed by atoms with Gasteiger partial charge in [-0.2, -0.15) is 0 Å². The molecule has 3 rings (SSSR count). The summed E-state index contributed by atoms with van der Waals surface area (Å²) in [5.41, 5.74) is 12.1. The van der Waals surface area contributed by atoms with Crippen LogP contribution < -0.4 is 16.2 Å². The minimum atomic E-state index is -0.896. The Morgan fingerprint density at radius 3 is 2.85 bits per heavy atom. The number of amides is 1. The van der Waals surface area contributed by atoms with Gasteiger partial charge in [0, 0.05) is 0 Å². The highest BCUT2D eigenvalue weighted by Crippen LogP contribution is 2.41. The summed E-state index contributed by atoms with van der Waals surface area (Å²) in [5, 5.41) is 2.92. The molecule has 8 heteroatoms. The third-order valence-corrected chi connectivity index (χ3v) is 4.51. The maximum atomic E-state index is 10.9. The standard InChI is InChI=1S/C12H10N4O2S2/c1-5-7-8(13)11(18-12(14)17)20-10(7)16-9(15-5)6-3-2-4-19-6/h2-4H,13H2,1H3,(H2,14,17). The fourth-order valence-corrected chi connectivity index (χ4v) is 3.52. The van der Waals surface area contributed by atoms with Crippen molar-refractivity contribution in [2.75, 3.05) is 5.73 Å². The summed E-state index contributed by atoms with van der Waals surface area (Å²) in [7, 11) is 0. The van der Waals surface area contributed by atoms with E-state index in [-0.39, 0.29) is 5.06 Å². The van der Waals surface area contributed by atoms with E-state index in [0.717, 1.165) is 10.6 Å². The van der Waals surface area contributed by atoms with E-state index in [1.165, 1.54) is 11.3 Å². The number of fused-ring (bicyclic) bond motifs is 1. The fraction of sp³-hybridized carbons (Fsp3) is 0.0833. The number of anilines is 1. The van der Waals surface area contributed by atoms with Crippen molar-refractivity contribution in [3.63, 3.8) is 0 Å². The Hall–Kier alpha value is -2.19. The van der Waals surface area contributed by atoms with E-state index in [4.69, 9.17) is 16.2 Å². The van der Waals surface area contributed by atoms with Gasteiger partial charge in [0.1, 0.15) is 4.83 Å². The minimum Gasteiger partial charge on any atom is -0.397 e. The van der Waals surface area contributed by atoms with Crippen LogP contribution in [-0.4, -0.2) is 16.1 Å². The number of carbonyl (C=O) groups excluding carboxylic acids is 1. The lowest BCUT2D eigenvalue weighted by Gasteiger charge is -2.01. The monoisotopic (exact) mass is 306 g/mol. The van der Waals surface area contributed by atoms with Gasteiger partial charge < -0.3 is 16.2 Å². The first-order valence-electron chi connectivity index (χ1n) is 5.64. The number of primary amides is 1. The van der Waals surface area contributed by atoms with E-state index in [1.54, 1.807) is 11.3 Å². The van der Waals surface area contributed by atoms with Crippen LogP contribution >= 0.6 is 22.7 Å². The molecule has 0 bridgehead atoms. The highest BCUT2D eigenvalue weighted by atomic mass is 32.1. The number of nitrogen functional groups attached to an aromatic ring is 1. The second-order valence-corrected chi connectivity index (χ2v) is 5.92. The quantitative estimate of drug-likeness (QED) is 0.757. The molecule has 3 heterocycles. The van der Waals surface area contributed by atoms with Gasteiger partial charge in [-0.15, -0.1) is 11.3 Å². The van der Waals surface area contributed by atoms with Gasteiger partial charge >= 0.3 is 6.09 Å². The van der Waals surface area contributed by atoms with Crippen molar-refractivity contribution in [1.29, 1.82) is 0 Å². The van der Waals surface area contributed by atoms with Crippen molar-refractivity contribution in [2.45, 2.75) is 6.92 Å². The average molecular weight is 306 g/mol. The van der Waals surface area contributed by atoms with E-state index < -0.39 is 6.09 Å². The lowest BCUT2D eigenvalue weighted by atomic mass is 10.2. The molecule has 0 saturated carbocycles. The molecule has 102 valence electrons. The van der Waals surface area contributed by atoms with Gasteiger partial charge in [-0.3, -0.25) is 0 Å². The van der Waals surface area contributed by atoms with Crippen LogP contribution in [0.15, 0.2) is 17.5 Å². The van der Waals surface area contributed by atoms with Crippen molar-refractivity contribution < 1.29 is 9.53 Å². The Labute approximate surface area is 122 Å². The Morgan fingerprint density at radius 1 is 1.40 bits per heavy atom. The molecule has 4 N–H and O–H groups in total. The van der Waals surface area contributed by atoms with Crippen molar-refractivity contribution >= 4 is 44.7 Å². The van der Waals surface area contributed by atoms with Gasteiger partial charge in [-0.05, 0) is 18.4 Å². The summed E-state index contributed by atoms with van der Waals surface area (Å²) < 4.78 is 4.88. The summed E-state index contributed by atoms with van der Waals surface area (Å²) in [6, 6.07) is 3.89. The van der Waals surface area contributed by atoms with Crippen LogP contribution in [0.2, 0.25) is 0 Å². The van der Waals surface area contributed by atoms with Crippen LogP contribution in [0.5, 0.6) is 5.06 Å². The first-order valence-corrected chi connectivity index (χ1v) is 7.33. The molecule has 6 nitrogen and oxygen atoms in total. The number of carbonyl (C=O) groups is 1. The maximum Gasteiger partial charge on any atom is 0.410 e. The molecule has 0 fully saturated rings. The number of ether oxygens (including phenoxy) is 1. The molecular weight excluding hydrogens is 296 g/mol. The fourth-order valence-electron chi connectivity index (χ4n) is 1.86. The second-order valence-electron chi connectivity index (χ2n) is 4.01. The largest absolute Gasteiger partial charge is 0.410 e. The van der Waals surface area contributed by atoms with Gasteiger partial charge in [-0.25, -0.2) is 14.8 Å². The smallest absolute Gasteiger partial charge is 0.397 e. The molecule has 20 heavy (non-hydrogen) atoms. The van der Waals surface area contributed by atoms with Crippen LogP contribution in [0, 0.1) is 6.92 Å². The normalized spacial score (nSPS) is 10.8. The van der Waals surface area contributed by atoms with Gasteiger partial charge in [-0.1, -0.05) is 17.4 Å². The maximum absolute atomic E-state index is 10.9. The van der Waals surface area contributed by atoms with Crippen molar-refractivity contribution in [3.8, 4) is 15.8 Å². The number of thiophene rings is 2. The molecule has 0 aliphatic heterocycles. The number of aryl methyl sites for hydroxylation is 1. The van der Waals surface area contributed by atoms with Crippen LogP contribution in [0.4, 0.5) is 10.5 Å². The lowest BCUT2D eigenvalue weighted by Crippen LogP contribution is -2.16. The third-order valence-electron chi connectivity index (χ3n) is 2.67. The Balaban J connectivity index is 2.19. The molecule has 1 amide bonds. The molecule has 0 spiro atoms. The predicted octanol–water partition coefficient (Wildman–Crippen LogP) is 2.77. The van der Waals surface area contributed by atoms with Gasteiger partial charge in [0.15, 0.2) is 5.82 Å². The third kappa shape index (κ3) is 2.08. The lowest BCUT2D eigenvalue weighted by molar-refractivity contribution is 0.212. The van der Waals surface area contributed by atoms with Crippen molar-refractivity contribution in [2.24, 2.45) is 5.73 Å². The Bertz CT molecular complexity index is 796. The zero-order valence-corrected chi connectivity index (χ0v) is 12.0. The molecular formula is C12H10N4O2S2. The summed E-state index contributed by atoms with van der Waals surface area (Å²) in [5.74, 6) is 0.636. The minimum absolute atomic E-state index is 0.258. The molecule has 0 aliphatic rings. The number of nitrogens with two attached hydrogens (primary N) is 2. The predicted molar refractivity (Wildman–Crippen MR) is 80.1 cm³/mol. The summed E-state index contributed by atoms with van der Waals surface area (Å²) >= 11 is 2.74. The Morgan fingerprint density at radius 2 is 2.20 bits per heavy atom. The number of hydrogen-bond acceptors (Lipinski definition) is 7. The summed E-state index contributed by atoms with van der Waals surface area (Å²) in [6.07, 6.45) is -0.896. The molecule has 0 aromatic carbocycles. The number of hydrogen-bond donors (Lipinski definition) is 2. The molecule has 3 aromatic heterocycles. The van der Waals surface area contributed by atoms with Gasteiger partial charge in [0.25, 0.3) is 0 Å². The highest BCUT2D eigenvalue weighted by Gasteiger charge is 2.18. The van der Waals surface area contributed by atoms with Crippen LogP contribution in [0.25, 0.3) is 20.9 Å². The number of nitrogens with zero attached hydrogens (tertiary/aromatic N) is 2. The van der Waals surface area contributed by atoms with E-state index in [1.807, 2.05) is 24.4 Å². The Kier molecular flexibility index (Phi) is 3.03. The molecule has 0 atom stereocenters. The zero-order valence-electron chi connectivity index (χ0n) is 10.4. The van der Waals surface area contributed by atoms with Crippen LogP contribution in [-0.2, 0) is 0 Å². The van der Waals surface area contributed by atoms with E-state index in [9.17, 15) is 4.79 Å². The molecule has 3 aromatic rings. The first kappa shape index (κ1) is 12.8. The zero-order chi connectivity index (χ0) is 14.3. The highest BCUT2D eigenvalue weighted by molar-refractivity contribution is 7.21.